The third kappa shape index (κ3) is 3.54. The monoisotopic (exact) mass is 288 g/mol. The quantitative estimate of drug-likeness (QED) is 0.778. The summed E-state index contributed by atoms with van der Waals surface area (Å²) in [5.74, 6) is 0.617. The lowest BCUT2D eigenvalue weighted by Crippen LogP contribution is -1.94. The molecule has 0 aliphatic rings. The zero-order valence-electron chi connectivity index (χ0n) is 12.2. The maximum Gasteiger partial charge on any atom is 0.206 e. The number of benzene rings is 2. The lowest BCUT2D eigenvalue weighted by Gasteiger charge is -2.08. The molecule has 0 aliphatic heterocycles. The van der Waals surface area contributed by atoms with Gasteiger partial charge in [0.25, 0.3) is 0 Å². The normalized spacial score (nSPS) is 10.7. The molecule has 110 valence electrons. The van der Waals surface area contributed by atoms with Gasteiger partial charge in [-0.15, -0.1) is 0 Å². The Labute approximate surface area is 123 Å². The first-order valence-electron chi connectivity index (χ1n) is 6.41. The van der Waals surface area contributed by atoms with Crippen LogP contribution in [0.5, 0.6) is 17.2 Å². The second kappa shape index (κ2) is 6.79. The summed E-state index contributed by atoms with van der Waals surface area (Å²) in [7, 11) is 4.48. The highest BCUT2D eigenvalue weighted by Gasteiger charge is 2.10. The first kappa shape index (κ1) is 14.9. The van der Waals surface area contributed by atoms with Gasteiger partial charge in [-0.1, -0.05) is 24.3 Å². The Morgan fingerprint density at radius 3 is 1.76 bits per heavy atom. The average Bonchev–Trinajstić information content (AvgIpc) is 2.54. The Hall–Kier alpha value is -2.49. The third-order valence-corrected chi connectivity index (χ3v) is 3.05. The number of hydrogen-bond acceptors (Lipinski definition) is 3. The molecule has 0 amide bonds. The fraction of sp³-hybridized carbons (Fsp3) is 0.176. The summed E-state index contributed by atoms with van der Waals surface area (Å²) < 4.78 is 28.9. The van der Waals surface area contributed by atoms with E-state index >= 15 is 0 Å². The van der Waals surface area contributed by atoms with Crippen LogP contribution in [0.2, 0.25) is 0 Å². The van der Waals surface area contributed by atoms with E-state index in [1.807, 2.05) is 36.4 Å². The Kier molecular flexibility index (Phi) is 4.82. The SMILES string of the molecule is COc1ccc(/C=C/c2cc(OC)c(F)c(OC)c2)cc1. The van der Waals surface area contributed by atoms with Crippen molar-refractivity contribution in [2.24, 2.45) is 0 Å². The van der Waals surface area contributed by atoms with E-state index in [4.69, 9.17) is 14.2 Å². The van der Waals surface area contributed by atoms with Crippen molar-refractivity contribution >= 4 is 12.2 Å². The van der Waals surface area contributed by atoms with Crippen LogP contribution >= 0.6 is 0 Å². The van der Waals surface area contributed by atoms with Crippen LogP contribution in [-0.4, -0.2) is 21.3 Å². The van der Waals surface area contributed by atoms with Gasteiger partial charge in [-0.3, -0.25) is 0 Å². The third-order valence-electron chi connectivity index (χ3n) is 3.05. The lowest BCUT2D eigenvalue weighted by atomic mass is 10.1. The molecule has 2 aromatic rings. The van der Waals surface area contributed by atoms with Crippen molar-refractivity contribution in [2.75, 3.05) is 21.3 Å². The highest BCUT2D eigenvalue weighted by Crippen LogP contribution is 2.29. The molecule has 0 aliphatic carbocycles. The minimum Gasteiger partial charge on any atom is -0.497 e. The van der Waals surface area contributed by atoms with Gasteiger partial charge in [0.15, 0.2) is 11.5 Å². The van der Waals surface area contributed by atoms with E-state index in [2.05, 4.69) is 0 Å². The molecule has 0 radical (unpaired) electrons. The van der Waals surface area contributed by atoms with Crippen LogP contribution in [0.3, 0.4) is 0 Å². The van der Waals surface area contributed by atoms with Gasteiger partial charge in [0.05, 0.1) is 21.3 Å². The van der Waals surface area contributed by atoms with Gasteiger partial charge in [0.2, 0.25) is 5.82 Å². The average molecular weight is 288 g/mol. The highest BCUT2D eigenvalue weighted by molar-refractivity contribution is 5.71. The van der Waals surface area contributed by atoms with Crippen LogP contribution in [0, 0.1) is 5.82 Å². The summed E-state index contributed by atoms with van der Waals surface area (Å²) in [6, 6.07) is 10.9. The Balaban J connectivity index is 2.27. The van der Waals surface area contributed by atoms with E-state index in [-0.39, 0.29) is 11.5 Å². The fourth-order valence-electron chi connectivity index (χ4n) is 1.89. The number of rotatable bonds is 5. The molecule has 4 heteroatoms. The second-order valence-electron chi connectivity index (χ2n) is 4.35. The molecule has 0 unspecified atom stereocenters. The van der Waals surface area contributed by atoms with Crippen LogP contribution in [-0.2, 0) is 0 Å². The molecule has 0 heterocycles. The predicted molar refractivity (Wildman–Crippen MR) is 81.4 cm³/mol. The fourth-order valence-corrected chi connectivity index (χ4v) is 1.89. The molecule has 2 aromatic carbocycles. The van der Waals surface area contributed by atoms with Crippen LogP contribution in [0.15, 0.2) is 36.4 Å². The summed E-state index contributed by atoms with van der Waals surface area (Å²) in [5.41, 5.74) is 1.80. The molecular formula is C17H17FO3. The van der Waals surface area contributed by atoms with E-state index in [0.717, 1.165) is 16.9 Å². The first-order valence-corrected chi connectivity index (χ1v) is 6.41. The van der Waals surface area contributed by atoms with Gasteiger partial charge in [0.1, 0.15) is 5.75 Å². The topological polar surface area (TPSA) is 27.7 Å². The standard InChI is InChI=1S/C17H17FO3/c1-19-14-8-6-12(7-9-14)4-5-13-10-15(20-2)17(18)16(11-13)21-3/h4-11H,1-3H3/b5-4+. The second-order valence-corrected chi connectivity index (χ2v) is 4.35. The van der Waals surface area contributed by atoms with Gasteiger partial charge in [0, 0.05) is 0 Å². The lowest BCUT2D eigenvalue weighted by molar-refractivity contribution is 0.350. The van der Waals surface area contributed by atoms with Gasteiger partial charge in [-0.05, 0) is 35.4 Å². The van der Waals surface area contributed by atoms with Crippen molar-refractivity contribution in [3.8, 4) is 17.2 Å². The zero-order valence-corrected chi connectivity index (χ0v) is 12.2. The van der Waals surface area contributed by atoms with Crippen LogP contribution in [0.4, 0.5) is 4.39 Å². The Bertz CT molecular complexity index is 608. The molecule has 2 rings (SSSR count). The number of ether oxygens (including phenoxy) is 3. The summed E-state index contributed by atoms with van der Waals surface area (Å²) in [4.78, 5) is 0. The van der Waals surface area contributed by atoms with E-state index in [9.17, 15) is 4.39 Å². The van der Waals surface area contributed by atoms with Crippen LogP contribution < -0.4 is 14.2 Å². The largest absolute Gasteiger partial charge is 0.497 e. The van der Waals surface area contributed by atoms with E-state index in [1.54, 1.807) is 19.2 Å². The maximum atomic E-state index is 13.8. The van der Waals surface area contributed by atoms with Crippen molar-refractivity contribution < 1.29 is 18.6 Å². The van der Waals surface area contributed by atoms with E-state index in [1.165, 1.54) is 14.2 Å². The summed E-state index contributed by atoms with van der Waals surface area (Å²) in [6.45, 7) is 0. The van der Waals surface area contributed by atoms with Crippen molar-refractivity contribution in [3.05, 3.63) is 53.3 Å². The molecular weight excluding hydrogens is 271 g/mol. The number of hydrogen-bond donors (Lipinski definition) is 0. The van der Waals surface area contributed by atoms with Gasteiger partial charge < -0.3 is 14.2 Å². The molecule has 0 fully saturated rings. The molecule has 0 aromatic heterocycles. The van der Waals surface area contributed by atoms with Crippen LogP contribution in [0.1, 0.15) is 11.1 Å². The van der Waals surface area contributed by atoms with Gasteiger partial charge >= 0.3 is 0 Å². The molecule has 21 heavy (non-hydrogen) atoms. The maximum absolute atomic E-state index is 13.8. The highest BCUT2D eigenvalue weighted by atomic mass is 19.1. The number of methoxy groups -OCH3 is 3. The van der Waals surface area contributed by atoms with Crippen molar-refractivity contribution in [3.63, 3.8) is 0 Å². The van der Waals surface area contributed by atoms with Crippen molar-refractivity contribution in [1.82, 2.24) is 0 Å². The molecule has 0 saturated carbocycles. The van der Waals surface area contributed by atoms with Gasteiger partial charge in [-0.2, -0.15) is 4.39 Å². The predicted octanol–water partition coefficient (Wildman–Crippen LogP) is 4.02. The van der Waals surface area contributed by atoms with Gasteiger partial charge in [-0.25, -0.2) is 0 Å². The minimum absolute atomic E-state index is 0.156. The smallest absolute Gasteiger partial charge is 0.206 e. The molecule has 0 atom stereocenters. The van der Waals surface area contributed by atoms with E-state index < -0.39 is 5.82 Å². The molecule has 0 spiro atoms. The summed E-state index contributed by atoms with van der Waals surface area (Å²) in [5, 5.41) is 0. The first-order chi connectivity index (χ1) is 10.2. The molecule has 0 saturated heterocycles. The van der Waals surface area contributed by atoms with Crippen LogP contribution in [0.25, 0.3) is 12.2 Å². The number of halogens is 1. The van der Waals surface area contributed by atoms with Crippen molar-refractivity contribution in [1.29, 1.82) is 0 Å². The zero-order chi connectivity index (χ0) is 15.2. The summed E-state index contributed by atoms with van der Waals surface area (Å²) in [6.07, 6.45) is 3.79. The Morgan fingerprint density at radius 2 is 1.29 bits per heavy atom. The Morgan fingerprint density at radius 1 is 0.762 bits per heavy atom. The minimum atomic E-state index is -0.499. The van der Waals surface area contributed by atoms with Crippen molar-refractivity contribution in [2.45, 2.75) is 0 Å². The molecule has 0 N–H and O–H groups in total. The molecule has 0 bridgehead atoms. The summed E-state index contributed by atoms with van der Waals surface area (Å²) >= 11 is 0. The molecule has 3 nitrogen and oxygen atoms in total. The van der Waals surface area contributed by atoms with E-state index in [0.29, 0.717) is 0 Å².